The highest BCUT2D eigenvalue weighted by atomic mass is 32.2. The fraction of sp³-hybridized carbons (Fsp3) is 0.625. The molecule has 2 unspecified atom stereocenters. The summed E-state index contributed by atoms with van der Waals surface area (Å²) in [6, 6.07) is 0. The highest BCUT2D eigenvalue weighted by Crippen LogP contribution is 2.64. The van der Waals surface area contributed by atoms with Gasteiger partial charge in [-0.1, -0.05) is 60.9 Å². The quantitative estimate of drug-likeness (QED) is 0.459. The Hall–Kier alpha value is 0.620. The molecule has 4 aliphatic rings. The number of thioether (sulfide) groups is 4. The molecular weight excluding hydrogens is 320 g/mol. The van der Waals surface area contributed by atoms with E-state index in [0.717, 1.165) is 11.8 Å². The van der Waals surface area contributed by atoms with Crippen molar-refractivity contribution >= 4 is 47.0 Å². The van der Waals surface area contributed by atoms with Crippen LogP contribution in [-0.2, 0) is 0 Å². The van der Waals surface area contributed by atoms with Gasteiger partial charge in [0.15, 0.2) is 0 Å². The molecule has 0 saturated heterocycles. The van der Waals surface area contributed by atoms with Crippen LogP contribution in [0.4, 0.5) is 0 Å². The largest absolute Gasteiger partial charge is 0.0846 e. The van der Waals surface area contributed by atoms with Gasteiger partial charge in [-0.3, -0.25) is 0 Å². The smallest absolute Gasteiger partial charge is 0.0700 e. The van der Waals surface area contributed by atoms with Crippen LogP contribution >= 0.6 is 47.0 Å². The van der Waals surface area contributed by atoms with Crippen molar-refractivity contribution in [2.45, 2.75) is 52.4 Å². The van der Waals surface area contributed by atoms with Crippen molar-refractivity contribution in [2.75, 3.05) is 0 Å². The highest BCUT2D eigenvalue weighted by molar-refractivity contribution is 8.34. The molecule has 20 heavy (non-hydrogen) atoms. The van der Waals surface area contributed by atoms with E-state index in [1.807, 2.05) is 0 Å². The second kappa shape index (κ2) is 5.68. The summed E-state index contributed by atoms with van der Waals surface area (Å²) < 4.78 is 3.20. The Balaban J connectivity index is 1.51. The van der Waals surface area contributed by atoms with Gasteiger partial charge in [-0.25, -0.2) is 0 Å². The number of allylic oxidation sites excluding steroid dienone is 4. The van der Waals surface area contributed by atoms with Gasteiger partial charge in [-0.15, -0.1) is 0 Å². The van der Waals surface area contributed by atoms with E-state index < -0.39 is 0 Å². The van der Waals surface area contributed by atoms with Gasteiger partial charge in [-0.05, 0) is 50.4 Å². The van der Waals surface area contributed by atoms with Gasteiger partial charge in [0, 0.05) is 19.6 Å². The third kappa shape index (κ3) is 2.66. The van der Waals surface area contributed by atoms with Crippen molar-refractivity contribution in [1.29, 1.82) is 0 Å². The van der Waals surface area contributed by atoms with Gasteiger partial charge < -0.3 is 0 Å². The SMILES string of the molecule is CC1CCC2=C(C1)SC(=C1SC3=C(CC(C)CC3)S1)S2. The van der Waals surface area contributed by atoms with Crippen molar-refractivity contribution in [3.63, 3.8) is 0 Å². The summed E-state index contributed by atoms with van der Waals surface area (Å²) >= 11 is 8.38. The maximum atomic E-state index is 2.40. The fourth-order valence-corrected chi connectivity index (χ4v) is 9.44. The molecular formula is C16H20S4. The minimum absolute atomic E-state index is 0.891. The van der Waals surface area contributed by atoms with Crippen LogP contribution in [0.15, 0.2) is 28.1 Å². The summed E-state index contributed by atoms with van der Waals surface area (Å²) in [5, 5.41) is 0. The lowest BCUT2D eigenvalue weighted by molar-refractivity contribution is 0.520. The van der Waals surface area contributed by atoms with Crippen LogP contribution in [0.3, 0.4) is 0 Å². The van der Waals surface area contributed by atoms with E-state index >= 15 is 0 Å². The molecule has 0 fully saturated rings. The molecule has 0 saturated carbocycles. The van der Waals surface area contributed by atoms with E-state index in [1.54, 1.807) is 28.1 Å². The lowest BCUT2D eigenvalue weighted by Gasteiger charge is -2.17. The summed E-state index contributed by atoms with van der Waals surface area (Å²) in [5.41, 5.74) is 0. The maximum Gasteiger partial charge on any atom is 0.0700 e. The second-order valence-corrected chi connectivity index (χ2v) is 11.3. The molecule has 0 nitrogen and oxygen atoms in total. The molecule has 0 aromatic rings. The molecule has 0 bridgehead atoms. The molecule has 4 heteroatoms. The number of rotatable bonds is 0. The average molecular weight is 341 g/mol. The monoisotopic (exact) mass is 340 g/mol. The van der Waals surface area contributed by atoms with Crippen LogP contribution in [0.25, 0.3) is 0 Å². The first-order valence-electron chi connectivity index (χ1n) is 7.58. The molecule has 0 radical (unpaired) electrons. The first-order valence-corrected chi connectivity index (χ1v) is 10.9. The number of hydrogen-bond acceptors (Lipinski definition) is 4. The van der Waals surface area contributed by atoms with Crippen molar-refractivity contribution in [2.24, 2.45) is 11.8 Å². The molecule has 2 aliphatic heterocycles. The summed E-state index contributed by atoms with van der Waals surface area (Å²) in [6.45, 7) is 4.81. The minimum Gasteiger partial charge on any atom is -0.0846 e. The zero-order valence-corrected chi connectivity index (χ0v) is 15.3. The van der Waals surface area contributed by atoms with Crippen molar-refractivity contribution in [3.05, 3.63) is 28.1 Å². The van der Waals surface area contributed by atoms with Gasteiger partial charge in [0.2, 0.25) is 0 Å². The zero-order chi connectivity index (χ0) is 13.7. The summed E-state index contributed by atoms with van der Waals surface area (Å²) in [4.78, 5) is 6.76. The Morgan fingerprint density at radius 1 is 0.650 bits per heavy atom. The zero-order valence-electron chi connectivity index (χ0n) is 12.0. The fourth-order valence-electron chi connectivity index (χ4n) is 3.17. The lowest BCUT2D eigenvalue weighted by Crippen LogP contribution is -2.01. The Kier molecular flexibility index (Phi) is 4.04. The number of hydrogen-bond donors (Lipinski definition) is 0. The van der Waals surface area contributed by atoms with E-state index in [2.05, 4.69) is 60.9 Å². The van der Waals surface area contributed by atoms with Crippen molar-refractivity contribution in [3.8, 4) is 0 Å². The maximum absolute atomic E-state index is 2.40. The Morgan fingerprint density at radius 3 is 1.50 bits per heavy atom. The highest BCUT2D eigenvalue weighted by Gasteiger charge is 2.33. The van der Waals surface area contributed by atoms with Crippen LogP contribution in [0.2, 0.25) is 0 Å². The van der Waals surface area contributed by atoms with E-state index in [0.29, 0.717) is 0 Å². The normalized spacial score (nSPS) is 37.5. The van der Waals surface area contributed by atoms with Crippen molar-refractivity contribution < 1.29 is 0 Å². The van der Waals surface area contributed by atoms with Crippen LogP contribution in [0.1, 0.15) is 52.4 Å². The van der Waals surface area contributed by atoms with Gasteiger partial charge in [0.25, 0.3) is 0 Å². The predicted molar refractivity (Wildman–Crippen MR) is 97.5 cm³/mol. The Bertz CT molecular complexity index is 493. The molecule has 108 valence electrons. The van der Waals surface area contributed by atoms with Gasteiger partial charge in [0.05, 0.1) is 8.47 Å². The molecule has 0 amide bonds. The van der Waals surface area contributed by atoms with Crippen molar-refractivity contribution in [1.82, 2.24) is 0 Å². The molecule has 4 rings (SSSR count). The predicted octanol–water partition coefficient (Wildman–Crippen LogP) is 7.14. The molecule has 0 spiro atoms. The van der Waals surface area contributed by atoms with Gasteiger partial charge in [-0.2, -0.15) is 0 Å². The lowest BCUT2D eigenvalue weighted by atomic mass is 9.96. The first kappa shape index (κ1) is 14.2. The Morgan fingerprint density at radius 2 is 1.05 bits per heavy atom. The van der Waals surface area contributed by atoms with Crippen LogP contribution in [-0.4, -0.2) is 0 Å². The molecule has 2 heterocycles. The third-order valence-corrected chi connectivity index (χ3v) is 10.5. The van der Waals surface area contributed by atoms with Crippen LogP contribution in [0, 0.1) is 11.8 Å². The molecule has 0 aromatic heterocycles. The van der Waals surface area contributed by atoms with Crippen LogP contribution < -0.4 is 0 Å². The average Bonchev–Trinajstić information content (AvgIpc) is 3.00. The molecule has 0 aromatic carbocycles. The van der Waals surface area contributed by atoms with E-state index in [-0.39, 0.29) is 0 Å². The van der Waals surface area contributed by atoms with Gasteiger partial charge in [0.1, 0.15) is 0 Å². The second-order valence-electron chi connectivity index (χ2n) is 6.37. The Labute approximate surface area is 139 Å². The summed E-state index contributed by atoms with van der Waals surface area (Å²) in [5.74, 6) is 1.78. The van der Waals surface area contributed by atoms with E-state index in [4.69, 9.17) is 0 Å². The van der Waals surface area contributed by atoms with Crippen LogP contribution in [0.5, 0.6) is 0 Å². The van der Waals surface area contributed by atoms with E-state index in [1.165, 1.54) is 38.5 Å². The van der Waals surface area contributed by atoms with Gasteiger partial charge >= 0.3 is 0 Å². The summed E-state index contributed by atoms with van der Waals surface area (Å²) in [7, 11) is 0. The molecule has 2 aliphatic carbocycles. The molecule has 0 N–H and O–H groups in total. The molecule has 2 atom stereocenters. The third-order valence-electron chi connectivity index (χ3n) is 4.45. The standard InChI is InChI=1S/C16H20S4/c1-9-3-5-11-13(7-9)19-15(17-11)16-18-12-6-4-10(2)8-14(12)20-16/h9-10H,3-8H2,1-2H3. The first-order chi connectivity index (χ1) is 9.69. The topological polar surface area (TPSA) is 0 Å². The minimum atomic E-state index is 0.891. The summed E-state index contributed by atoms with van der Waals surface area (Å²) in [6.07, 6.45) is 8.07. The van der Waals surface area contributed by atoms with E-state index in [9.17, 15) is 0 Å².